The van der Waals surface area contributed by atoms with Gasteiger partial charge in [-0.15, -0.1) is 0 Å². The van der Waals surface area contributed by atoms with Crippen molar-refractivity contribution in [2.24, 2.45) is 5.73 Å². The molecule has 27 heavy (non-hydrogen) atoms. The van der Waals surface area contributed by atoms with Gasteiger partial charge in [-0.25, -0.2) is 8.42 Å². The van der Waals surface area contributed by atoms with Crippen LogP contribution in [0.3, 0.4) is 0 Å². The molecule has 0 aromatic heterocycles. The highest BCUT2D eigenvalue weighted by atomic mass is 32.2. The van der Waals surface area contributed by atoms with Crippen LogP contribution < -0.4 is 5.73 Å². The summed E-state index contributed by atoms with van der Waals surface area (Å²) in [7, 11) is -3.34. The predicted octanol–water partition coefficient (Wildman–Crippen LogP) is -1.10. The lowest BCUT2D eigenvalue weighted by atomic mass is 10.0. The lowest BCUT2D eigenvalue weighted by molar-refractivity contribution is -0.112. The Hall–Kier alpha value is -1.85. The van der Waals surface area contributed by atoms with Crippen LogP contribution in [-0.4, -0.2) is 71.5 Å². The molecule has 2 rings (SSSR count). The van der Waals surface area contributed by atoms with Gasteiger partial charge in [0.1, 0.15) is 18.3 Å². The highest BCUT2D eigenvalue weighted by Crippen LogP contribution is 2.19. The van der Waals surface area contributed by atoms with Crippen LogP contribution >= 0.6 is 0 Å². The maximum atomic E-state index is 12.0. The second-order valence-electron chi connectivity index (χ2n) is 5.66. The lowest BCUT2D eigenvalue weighted by Crippen LogP contribution is -2.48. The van der Waals surface area contributed by atoms with Gasteiger partial charge in [0.05, 0.1) is 22.5 Å². The van der Waals surface area contributed by atoms with Crippen molar-refractivity contribution in [1.29, 1.82) is 0 Å². The molecule has 150 valence electrons. The second-order valence-corrected chi connectivity index (χ2v) is 7.61. The van der Waals surface area contributed by atoms with Crippen LogP contribution in [0.2, 0.25) is 0 Å². The molecular formula is C18H25NO7S. The van der Waals surface area contributed by atoms with Crippen molar-refractivity contribution in [2.75, 3.05) is 13.2 Å². The Morgan fingerprint density at radius 1 is 0.741 bits per heavy atom. The summed E-state index contributed by atoms with van der Waals surface area (Å²) < 4.78 is 24.1. The van der Waals surface area contributed by atoms with Crippen molar-refractivity contribution < 1.29 is 34.0 Å². The Kier molecular flexibility index (Phi) is 9.53. The Balaban J connectivity index is 0.000000279. The molecule has 9 heteroatoms. The van der Waals surface area contributed by atoms with Crippen LogP contribution in [-0.2, 0) is 9.84 Å². The Bertz CT molecular complexity index is 696. The van der Waals surface area contributed by atoms with E-state index in [0.717, 1.165) is 0 Å². The molecule has 4 atom stereocenters. The number of aliphatic hydroxyl groups excluding tert-OH is 5. The Labute approximate surface area is 158 Å². The maximum absolute atomic E-state index is 12.0. The van der Waals surface area contributed by atoms with Gasteiger partial charge in [0.25, 0.3) is 0 Å². The molecule has 0 radical (unpaired) electrons. The van der Waals surface area contributed by atoms with E-state index >= 15 is 0 Å². The average Bonchev–Trinajstić information content (AvgIpc) is 2.73. The van der Waals surface area contributed by atoms with Crippen LogP contribution in [0.15, 0.2) is 70.5 Å². The van der Waals surface area contributed by atoms with E-state index in [0.29, 0.717) is 9.79 Å². The number of hydrogen-bond donors (Lipinski definition) is 6. The summed E-state index contributed by atoms with van der Waals surface area (Å²) in [5.41, 5.74) is 4.99. The molecule has 0 spiro atoms. The molecule has 0 saturated heterocycles. The number of aliphatic hydroxyl groups is 5. The third-order valence-electron chi connectivity index (χ3n) is 3.67. The molecule has 0 aliphatic rings. The molecular weight excluding hydrogens is 374 g/mol. The summed E-state index contributed by atoms with van der Waals surface area (Å²) in [6.45, 7) is -0.911. The van der Waals surface area contributed by atoms with Gasteiger partial charge >= 0.3 is 0 Å². The van der Waals surface area contributed by atoms with Crippen LogP contribution in [0.5, 0.6) is 0 Å². The molecule has 0 heterocycles. The van der Waals surface area contributed by atoms with Gasteiger partial charge in [-0.1, -0.05) is 36.4 Å². The van der Waals surface area contributed by atoms with Gasteiger partial charge in [-0.05, 0) is 24.3 Å². The summed E-state index contributed by atoms with van der Waals surface area (Å²) in [5, 5.41) is 44.2. The average molecular weight is 399 g/mol. The van der Waals surface area contributed by atoms with Gasteiger partial charge in [-0.2, -0.15) is 0 Å². The minimum atomic E-state index is -3.34. The zero-order valence-electron chi connectivity index (χ0n) is 14.5. The van der Waals surface area contributed by atoms with Crippen LogP contribution in [0.4, 0.5) is 0 Å². The fourth-order valence-corrected chi connectivity index (χ4v) is 3.34. The molecule has 4 unspecified atom stereocenters. The largest absolute Gasteiger partial charge is 0.394 e. The van der Waals surface area contributed by atoms with Gasteiger partial charge in [-0.3, -0.25) is 0 Å². The van der Waals surface area contributed by atoms with Crippen molar-refractivity contribution in [3.63, 3.8) is 0 Å². The van der Waals surface area contributed by atoms with E-state index in [2.05, 4.69) is 0 Å². The number of benzene rings is 2. The zero-order valence-corrected chi connectivity index (χ0v) is 15.4. The first-order valence-electron chi connectivity index (χ1n) is 8.14. The van der Waals surface area contributed by atoms with Crippen LogP contribution in [0, 0.1) is 0 Å². The van der Waals surface area contributed by atoms with Crippen molar-refractivity contribution in [3.8, 4) is 0 Å². The number of sulfone groups is 1. The van der Waals surface area contributed by atoms with Gasteiger partial charge < -0.3 is 31.3 Å². The first-order chi connectivity index (χ1) is 12.8. The summed E-state index contributed by atoms with van der Waals surface area (Å²) >= 11 is 0. The Morgan fingerprint density at radius 3 is 1.44 bits per heavy atom. The van der Waals surface area contributed by atoms with E-state index in [9.17, 15) is 8.42 Å². The third kappa shape index (κ3) is 6.67. The van der Waals surface area contributed by atoms with E-state index in [-0.39, 0.29) is 6.54 Å². The van der Waals surface area contributed by atoms with Crippen LogP contribution in [0.25, 0.3) is 0 Å². The third-order valence-corrected chi connectivity index (χ3v) is 5.46. The van der Waals surface area contributed by atoms with Gasteiger partial charge in [0, 0.05) is 6.54 Å². The highest BCUT2D eigenvalue weighted by Gasteiger charge is 2.28. The van der Waals surface area contributed by atoms with Crippen molar-refractivity contribution in [2.45, 2.75) is 34.2 Å². The first kappa shape index (κ1) is 23.2. The second kappa shape index (κ2) is 11.1. The molecule has 0 bridgehead atoms. The van der Waals surface area contributed by atoms with E-state index in [1.54, 1.807) is 60.7 Å². The molecule has 0 fully saturated rings. The molecule has 8 nitrogen and oxygen atoms in total. The minimum Gasteiger partial charge on any atom is -0.394 e. The van der Waals surface area contributed by atoms with Gasteiger partial charge in [0.2, 0.25) is 9.84 Å². The van der Waals surface area contributed by atoms with E-state index in [4.69, 9.17) is 31.3 Å². The molecule has 0 aliphatic heterocycles. The van der Waals surface area contributed by atoms with Crippen molar-refractivity contribution in [1.82, 2.24) is 0 Å². The summed E-state index contributed by atoms with van der Waals surface area (Å²) in [4.78, 5) is 0.660. The first-order valence-corrected chi connectivity index (χ1v) is 9.62. The molecule has 7 N–H and O–H groups in total. The number of nitrogens with two attached hydrogens (primary N) is 1. The predicted molar refractivity (Wildman–Crippen MR) is 98.5 cm³/mol. The monoisotopic (exact) mass is 399 g/mol. The zero-order chi connectivity index (χ0) is 20.4. The number of hydrogen-bond acceptors (Lipinski definition) is 8. The highest BCUT2D eigenvalue weighted by molar-refractivity contribution is 7.91. The molecule has 0 amide bonds. The fraction of sp³-hybridized carbons (Fsp3) is 0.333. The molecule has 0 aliphatic carbocycles. The number of rotatable bonds is 7. The quantitative estimate of drug-likeness (QED) is 0.342. The Morgan fingerprint density at radius 2 is 1.11 bits per heavy atom. The van der Waals surface area contributed by atoms with E-state index in [1.807, 2.05) is 0 Å². The summed E-state index contributed by atoms with van der Waals surface area (Å²) in [6, 6.07) is 16.9. The summed E-state index contributed by atoms with van der Waals surface area (Å²) in [5.74, 6) is 0. The maximum Gasteiger partial charge on any atom is 0.206 e. The summed E-state index contributed by atoms with van der Waals surface area (Å²) in [6.07, 6.45) is -5.91. The molecule has 2 aromatic rings. The minimum absolute atomic E-state index is 0.226. The molecule has 2 aromatic carbocycles. The van der Waals surface area contributed by atoms with Gasteiger partial charge in [0.15, 0.2) is 0 Å². The lowest BCUT2D eigenvalue weighted by Gasteiger charge is -2.24. The topological polar surface area (TPSA) is 161 Å². The smallest absolute Gasteiger partial charge is 0.206 e. The van der Waals surface area contributed by atoms with E-state index < -0.39 is 40.9 Å². The fourth-order valence-electron chi connectivity index (χ4n) is 2.04. The van der Waals surface area contributed by atoms with E-state index in [1.165, 1.54) is 0 Å². The van der Waals surface area contributed by atoms with Crippen molar-refractivity contribution in [3.05, 3.63) is 60.7 Å². The van der Waals surface area contributed by atoms with Crippen molar-refractivity contribution >= 4 is 9.84 Å². The van der Waals surface area contributed by atoms with Crippen LogP contribution in [0.1, 0.15) is 0 Å². The standard InChI is InChI=1S/C12H10O2S.C6H15NO5/c13-15(14,11-7-3-1-4-8-11)12-9-5-2-6-10-12;7-1-3(9)5(11)6(12)4(10)2-8/h1-10H;3-6,8-12H,1-2,7H2. The SMILES string of the molecule is NCC(O)C(O)C(O)C(O)CO.O=S(=O)(c1ccccc1)c1ccccc1. The molecule has 0 saturated carbocycles. The normalized spacial score (nSPS) is 15.8.